The van der Waals surface area contributed by atoms with Crippen LogP contribution in [0, 0.1) is 24.6 Å². The first-order valence-electron chi connectivity index (χ1n) is 16.7. The van der Waals surface area contributed by atoms with Gasteiger partial charge in [-0.1, -0.05) is 56.5 Å². The molecule has 8 nitrogen and oxygen atoms in total. The number of aromatic nitrogens is 2. The number of thiol groups is 1. The van der Waals surface area contributed by atoms with E-state index in [2.05, 4.69) is 86.7 Å². The highest BCUT2D eigenvalue weighted by atomic mass is 32.1. The van der Waals surface area contributed by atoms with Crippen LogP contribution < -0.4 is 10.0 Å². The van der Waals surface area contributed by atoms with E-state index in [1.54, 1.807) is 7.05 Å². The normalized spacial score (nSPS) is 21.0. The summed E-state index contributed by atoms with van der Waals surface area (Å²) in [6, 6.07) is 17.3. The van der Waals surface area contributed by atoms with E-state index < -0.39 is 23.5 Å². The van der Waals surface area contributed by atoms with Crippen LogP contribution in [0.3, 0.4) is 0 Å². The number of fused-ring (bicyclic) bond motifs is 1. The van der Waals surface area contributed by atoms with Crippen molar-refractivity contribution < 1.29 is 32.3 Å². The minimum Gasteiger partial charge on any atom is -0.483 e. The predicted octanol–water partition coefficient (Wildman–Crippen LogP) is 8.08. The summed E-state index contributed by atoms with van der Waals surface area (Å²) in [5.41, 5.74) is 4.05. The van der Waals surface area contributed by atoms with Gasteiger partial charge in [0.2, 0.25) is 5.91 Å². The number of carboxylic acid groups (broad SMARTS) is 1. The number of hydrogen-bond acceptors (Lipinski definition) is 6. The lowest BCUT2D eigenvalue weighted by molar-refractivity contribution is -0.137. The second-order valence-corrected chi connectivity index (χ2v) is 13.3. The molecule has 13 heteroatoms. The molecule has 0 bridgehead atoms. The number of aryl methyl sites for hydroxylation is 2. The molecular formula is C37H45F4N5O3S. The van der Waals surface area contributed by atoms with Crippen molar-refractivity contribution in [3.8, 4) is 11.1 Å². The molecule has 4 atom stereocenters. The van der Waals surface area contributed by atoms with E-state index in [0.717, 1.165) is 78.0 Å². The summed E-state index contributed by atoms with van der Waals surface area (Å²) >= 11 is 3.54. The van der Waals surface area contributed by atoms with Gasteiger partial charge >= 0.3 is 6.18 Å². The van der Waals surface area contributed by atoms with Crippen LogP contribution in [-0.2, 0) is 22.8 Å². The molecule has 3 N–H and O–H groups in total. The Morgan fingerprint density at radius 1 is 1.00 bits per heavy atom. The molecular weight excluding hydrogens is 670 g/mol. The molecule has 1 aliphatic carbocycles. The number of carbonyl (C=O) groups is 2. The summed E-state index contributed by atoms with van der Waals surface area (Å²) in [5, 5.41) is 9.52. The van der Waals surface area contributed by atoms with Gasteiger partial charge in [-0.05, 0) is 112 Å². The Labute approximate surface area is 295 Å². The number of carbonyl (C=O) groups excluding carboxylic acids is 1. The topological polar surface area (TPSA) is 99.5 Å². The van der Waals surface area contributed by atoms with E-state index in [-0.39, 0.29) is 35.9 Å². The fourth-order valence-electron chi connectivity index (χ4n) is 7.20. The van der Waals surface area contributed by atoms with Crippen molar-refractivity contribution in [1.82, 2.24) is 19.2 Å². The van der Waals surface area contributed by atoms with Gasteiger partial charge in [0.05, 0.1) is 22.3 Å². The van der Waals surface area contributed by atoms with Gasteiger partial charge in [-0.2, -0.15) is 13.2 Å². The Morgan fingerprint density at radius 2 is 1.62 bits per heavy atom. The summed E-state index contributed by atoms with van der Waals surface area (Å²) in [4.78, 5) is 29.2. The molecule has 0 radical (unpaired) electrons. The maximum Gasteiger partial charge on any atom is 0.416 e. The van der Waals surface area contributed by atoms with Crippen LogP contribution in [0.4, 0.5) is 23.2 Å². The molecule has 1 amide bonds. The number of anilines is 1. The molecule has 2 unspecified atom stereocenters. The zero-order valence-electron chi connectivity index (χ0n) is 28.7. The zero-order valence-corrected chi connectivity index (χ0v) is 29.6. The Balaban J connectivity index is 0.000000875. The number of amides is 1. The standard InChI is InChI=1S/C35H38F4N4O.CH5NS.CH2O2/c1-21-28(24-9-7-23(8-10-24)25-11-14-33-32(17-25)40-22(2)42(33)3)19-27(43-15-5-4-6-16-43)20-29(21)34(44)41-31-13-12-26(18-30(31)36)35(37,38)39;1-2-3;2-1-3/h7-14,17-18,21,27-29H,4-6,15-16,19-20H2,1-3H3,(H,41,44);2-3H,1H3;1H,(H,2,3)/t21-,27+,28?,29?;;/m1../s1. The van der Waals surface area contributed by atoms with Crippen LogP contribution in [0.1, 0.15) is 61.9 Å². The first-order valence-corrected chi connectivity index (χ1v) is 17.1. The van der Waals surface area contributed by atoms with Crippen LogP contribution in [0.25, 0.3) is 22.2 Å². The van der Waals surface area contributed by atoms with Crippen molar-refractivity contribution in [1.29, 1.82) is 0 Å². The Bertz CT molecular complexity index is 1740. The molecule has 0 spiro atoms. The zero-order chi connectivity index (χ0) is 36.6. The number of likely N-dealkylation sites (tertiary alicyclic amines) is 1. The molecule has 2 aliphatic rings. The van der Waals surface area contributed by atoms with E-state index in [4.69, 9.17) is 9.90 Å². The number of nitrogens with one attached hydrogen (secondary N) is 2. The highest BCUT2D eigenvalue weighted by molar-refractivity contribution is 7.78. The van der Waals surface area contributed by atoms with Crippen molar-refractivity contribution >= 4 is 41.9 Å². The number of piperidine rings is 1. The fraction of sp³-hybridized carbons (Fsp3) is 0.432. The van der Waals surface area contributed by atoms with Crippen molar-refractivity contribution in [2.24, 2.45) is 18.9 Å². The second kappa shape index (κ2) is 17.3. The summed E-state index contributed by atoms with van der Waals surface area (Å²) in [6.07, 6.45) is 0.339. The largest absolute Gasteiger partial charge is 0.483 e. The molecule has 50 heavy (non-hydrogen) atoms. The lowest BCUT2D eigenvalue weighted by atomic mass is 9.67. The Hall–Kier alpha value is -3.94. The van der Waals surface area contributed by atoms with Crippen molar-refractivity contribution in [2.75, 3.05) is 25.5 Å². The molecule has 2 heterocycles. The van der Waals surface area contributed by atoms with E-state index in [0.29, 0.717) is 12.5 Å². The van der Waals surface area contributed by atoms with E-state index >= 15 is 0 Å². The average molecular weight is 716 g/mol. The number of alkyl halides is 3. The van der Waals surface area contributed by atoms with Crippen LogP contribution >= 0.6 is 12.8 Å². The van der Waals surface area contributed by atoms with Gasteiger partial charge < -0.3 is 19.9 Å². The highest BCUT2D eigenvalue weighted by Gasteiger charge is 2.42. The predicted molar refractivity (Wildman–Crippen MR) is 191 cm³/mol. The molecule has 1 aromatic heterocycles. The van der Waals surface area contributed by atoms with Crippen LogP contribution in [0.15, 0.2) is 60.7 Å². The van der Waals surface area contributed by atoms with Gasteiger partial charge in [-0.25, -0.2) is 9.37 Å². The average Bonchev–Trinajstić information content (AvgIpc) is 3.38. The monoisotopic (exact) mass is 715 g/mol. The van der Waals surface area contributed by atoms with Crippen molar-refractivity contribution in [2.45, 2.75) is 64.1 Å². The maximum atomic E-state index is 14.7. The van der Waals surface area contributed by atoms with Gasteiger partial charge in [0.1, 0.15) is 11.6 Å². The van der Waals surface area contributed by atoms with Gasteiger partial charge in [0.25, 0.3) is 6.47 Å². The van der Waals surface area contributed by atoms with E-state index in [9.17, 15) is 22.4 Å². The highest BCUT2D eigenvalue weighted by Crippen LogP contribution is 2.44. The third-order valence-electron chi connectivity index (χ3n) is 9.90. The van der Waals surface area contributed by atoms with E-state index in [1.165, 1.54) is 6.42 Å². The van der Waals surface area contributed by atoms with Crippen LogP contribution in [0.2, 0.25) is 0 Å². The summed E-state index contributed by atoms with van der Waals surface area (Å²) in [6.45, 7) is 5.78. The number of imidazole rings is 1. The molecule has 1 aliphatic heterocycles. The molecule has 1 saturated heterocycles. The summed E-state index contributed by atoms with van der Waals surface area (Å²) < 4.78 is 58.4. The lowest BCUT2D eigenvalue weighted by Gasteiger charge is -2.45. The quantitative estimate of drug-likeness (QED) is 0.0948. The lowest BCUT2D eigenvalue weighted by Crippen LogP contribution is -2.48. The second-order valence-electron chi connectivity index (χ2n) is 12.8. The number of halogens is 4. The molecule has 1 saturated carbocycles. The van der Waals surface area contributed by atoms with Crippen molar-refractivity contribution in [3.05, 3.63) is 83.4 Å². The van der Waals surface area contributed by atoms with Gasteiger partial charge in [0.15, 0.2) is 0 Å². The molecule has 270 valence electrons. The smallest absolute Gasteiger partial charge is 0.416 e. The van der Waals surface area contributed by atoms with E-state index in [1.807, 2.05) is 14.0 Å². The Kier molecular flexibility index (Phi) is 13.5. The molecule has 4 aromatic rings. The summed E-state index contributed by atoms with van der Waals surface area (Å²) in [7, 11) is 3.75. The minimum atomic E-state index is -4.66. The number of nitrogens with zero attached hydrogens (tertiary/aromatic N) is 3. The van der Waals surface area contributed by atoms with Gasteiger partial charge in [0, 0.05) is 19.0 Å². The fourth-order valence-corrected chi connectivity index (χ4v) is 7.20. The van der Waals surface area contributed by atoms with Crippen molar-refractivity contribution in [3.63, 3.8) is 0 Å². The number of hydrogen-bond donors (Lipinski definition) is 4. The molecule has 2 fully saturated rings. The maximum absolute atomic E-state index is 14.7. The van der Waals surface area contributed by atoms with Crippen LogP contribution in [-0.4, -0.2) is 58.1 Å². The SMILES string of the molecule is CNS.Cc1nc2cc(-c3ccc(C4C[C@H](N5CCCCC5)CC(C(=O)Nc5ccc(C(F)(F)F)cc5F)[C@@H]4C)cc3)ccc2n1C.O=CO. The number of benzene rings is 3. The third kappa shape index (κ3) is 9.23. The minimum absolute atomic E-state index is 0.0488. The summed E-state index contributed by atoms with van der Waals surface area (Å²) in [5.74, 6) is -0.849. The first-order chi connectivity index (χ1) is 23.8. The third-order valence-corrected chi connectivity index (χ3v) is 9.90. The number of rotatable bonds is 5. The molecule has 3 aromatic carbocycles. The first kappa shape index (κ1) is 38.9. The van der Waals surface area contributed by atoms with Gasteiger partial charge in [-0.3, -0.25) is 14.3 Å². The Morgan fingerprint density at radius 3 is 2.22 bits per heavy atom. The molecule has 6 rings (SSSR count). The van der Waals surface area contributed by atoms with Gasteiger partial charge in [-0.15, -0.1) is 0 Å². The van der Waals surface area contributed by atoms with Crippen LogP contribution in [0.5, 0.6) is 0 Å².